The third-order valence-corrected chi connectivity index (χ3v) is 2.50. The van der Waals surface area contributed by atoms with Gasteiger partial charge >= 0.3 is 0 Å². The predicted molar refractivity (Wildman–Crippen MR) is 59.8 cm³/mol. The number of para-hydroxylation sites is 1. The van der Waals surface area contributed by atoms with Crippen LogP contribution < -0.4 is 5.73 Å². The van der Waals surface area contributed by atoms with E-state index in [1.807, 2.05) is 41.2 Å². The minimum absolute atomic E-state index is 0.777. The van der Waals surface area contributed by atoms with Crippen molar-refractivity contribution >= 4 is 16.6 Å². The summed E-state index contributed by atoms with van der Waals surface area (Å²) in [7, 11) is 0. The molecule has 74 valence electrons. The fourth-order valence-corrected chi connectivity index (χ4v) is 1.81. The molecule has 4 heteroatoms. The molecule has 0 radical (unpaired) electrons. The number of hydrogen-bond donors (Lipinski definition) is 2. The summed E-state index contributed by atoms with van der Waals surface area (Å²) in [6, 6.07) is 7.94. The van der Waals surface area contributed by atoms with Crippen molar-refractivity contribution in [3.8, 4) is 5.69 Å². The van der Waals surface area contributed by atoms with Crippen molar-refractivity contribution in [2.45, 2.75) is 0 Å². The van der Waals surface area contributed by atoms with Crippen LogP contribution in [0.2, 0.25) is 0 Å². The van der Waals surface area contributed by atoms with Crippen LogP contribution in [0.4, 0.5) is 5.69 Å². The lowest BCUT2D eigenvalue weighted by atomic mass is 10.2. The van der Waals surface area contributed by atoms with Crippen molar-refractivity contribution in [1.29, 1.82) is 0 Å². The van der Waals surface area contributed by atoms with E-state index >= 15 is 0 Å². The predicted octanol–water partition coefficient (Wildman–Crippen LogP) is 1.94. The highest BCUT2D eigenvalue weighted by Gasteiger charge is 2.05. The minimum atomic E-state index is 0.777. The summed E-state index contributed by atoms with van der Waals surface area (Å²) >= 11 is 0. The fourth-order valence-electron chi connectivity index (χ4n) is 1.81. The maximum absolute atomic E-state index is 5.96. The molecule has 0 aliphatic heterocycles. The van der Waals surface area contributed by atoms with Crippen LogP contribution in [-0.2, 0) is 0 Å². The van der Waals surface area contributed by atoms with E-state index in [9.17, 15) is 0 Å². The molecule has 0 unspecified atom stereocenters. The van der Waals surface area contributed by atoms with Gasteiger partial charge in [-0.1, -0.05) is 12.1 Å². The molecular weight excluding hydrogens is 188 g/mol. The van der Waals surface area contributed by atoms with Crippen LogP contribution in [0.25, 0.3) is 16.6 Å². The summed E-state index contributed by atoms with van der Waals surface area (Å²) in [5.41, 5.74) is 8.75. The van der Waals surface area contributed by atoms with Crippen molar-refractivity contribution in [3.63, 3.8) is 0 Å². The first kappa shape index (κ1) is 8.11. The molecule has 0 spiro atoms. The Balaban J connectivity index is 2.37. The van der Waals surface area contributed by atoms with Crippen LogP contribution in [0.3, 0.4) is 0 Å². The molecule has 0 fully saturated rings. The van der Waals surface area contributed by atoms with Crippen LogP contribution in [0, 0.1) is 0 Å². The Bertz CT molecular complexity index is 592. The normalized spacial score (nSPS) is 10.9. The number of nitrogens with two attached hydrogens (primary N) is 1. The van der Waals surface area contributed by atoms with Gasteiger partial charge in [-0.15, -0.1) is 0 Å². The molecule has 0 aliphatic rings. The molecule has 2 aromatic heterocycles. The number of nitrogens with zero attached hydrogens (tertiary/aromatic N) is 2. The van der Waals surface area contributed by atoms with Gasteiger partial charge < -0.3 is 10.3 Å². The van der Waals surface area contributed by atoms with Crippen LogP contribution >= 0.6 is 0 Å². The van der Waals surface area contributed by atoms with Crippen molar-refractivity contribution in [3.05, 3.63) is 42.9 Å². The van der Waals surface area contributed by atoms with Crippen molar-refractivity contribution in [2.75, 3.05) is 5.73 Å². The highest BCUT2D eigenvalue weighted by Crippen LogP contribution is 2.24. The molecule has 3 N–H and O–H groups in total. The molecule has 4 nitrogen and oxygen atoms in total. The minimum Gasteiger partial charge on any atom is -0.397 e. The topological polar surface area (TPSA) is 59.6 Å². The van der Waals surface area contributed by atoms with E-state index in [-0.39, 0.29) is 0 Å². The summed E-state index contributed by atoms with van der Waals surface area (Å²) in [5, 5.41) is 7.85. The van der Waals surface area contributed by atoms with E-state index in [0.29, 0.717) is 0 Å². The fraction of sp³-hybridized carbons (Fsp3) is 0. The second kappa shape index (κ2) is 2.88. The van der Waals surface area contributed by atoms with E-state index in [1.165, 1.54) is 0 Å². The zero-order chi connectivity index (χ0) is 10.3. The Hall–Kier alpha value is -2.23. The average Bonchev–Trinajstić information content (AvgIpc) is 2.85. The molecule has 0 aliphatic carbocycles. The number of aromatic nitrogens is 3. The third kappa shape index (κ3) is 1.11. The Kier molecular flexibility index (Phi) is 1.56. The van der Waals surface area contributed by atoms with Gasteiger partial charge in [0.15, 0.2) is 0 Å². The first-order valence-corrected chi connectivity index (χ1v) is 4.71. The van der Waals surface area contributed by atoms with Gasteiger partial charge in [0.25, 0.3) is 0 Å². The first-order valence-electron chi connectivity index (χ1n) is 4.71. The third-order valence-electron chi connectivity index (χ3n) is 2.50. The number of aromatic amines is 1. The van der Waals surface area contributed by atoms with Crippen LogP contribution in [0.1, 0.15) is 0 Å². The Morgan fingerprint density at radius 3 is 3.00 bits per heavy atom. The van der Waals surface area contributed by atoms with Crippen LogP contribution in [0.5, 0.6) is 0 Å². The number of H-pyrrole nitrogens is 1. The molecule has 0 saturated carbocycles. The maximum atomic E-state index is 5.96. The molecule has 3 aromatic rings. The molecule has 1 aromatic carbocycles. The van der Waals surface area contributed by atoms with Crippen LogP contribution in [-0.4, -0.2) is 14.8 Å². The number of nitrogen functional groups attached to an aromatic ring is 1. The Labute approximate surface area is 86.3 Å². The number of fused-ring (bicyclic) bond motifs is 1. The quantitative estimate of drug-likeness (QED) is 0.587. The maximum Gasteiger partial charge on any atom is 0.0836 e. The Morgan fingerprint density at radius 2 is 2.20 bits per heavy atom. The highest BCUT2D eigenvalue weighted by molar-refractivity contribution is 5.91. The Morgan fingerprint density at radius 1 is 1.27 bits per heavy atom. The summed E-state index contributed by atoms with van der Waals surface area (Å²) in [6.07, 6.45) is 5.60. The monoisotopic (exact) mass is 198 g/mol. The molecule has 0 atom stereocenters. The molecule has 0 saturated heterocycles. The first-order chi connectivity index (χ1) is 7.36. The lowest BCUT2D eigenvalue weighted by Gasteiger charge is -2.03. The van der Waals surface area contributed by atoms with Crippen molar-refractivity contribution in [1.82, 2.24) is 14.8 Å². The second-order valence-corrected chi connectivity index (χ2v) is 3.43. The van der Waals surface area contributed by atoms with Crippen LogP contribution in [0.15, 0.2) is 42.9 Å². The standard InChI is InChI=1S/C11H10N4/c12-10-3-1-2-8-4-5-15(11(8)10)9-6-13-14-7-9/h1-7H,12H2,(H,13,14). The summed E-state index contributed by atoms with van der Waals surface area (Å²) in [4.78, 5) is 0. The molecule has 0 amide bonds. The summed E-state index contributed by atoms with van der Waals surface area (Å²) < 4.78 is 2.02. The van der Waals surface area contributed by atoms with Crippen molar-refractivity contribution < 1.29 is 0 Å². The number of rotatable bonds is 1. The van der Waals surface area contributed by atoms with Gasteiger partial charge in [-0.3, -0.25) is 5.10 Å². The zero-order valence-corrected chi connectivity index (χ0v) is 8.01. The van der Waals surface area contributed by atoms with Gasteiger partial charge in [0.1, 0.15) is 0 Å². The lowest BCUT2D eigenvalue weighted by molar-refractivity contribution is 1.09. The molecule has 15 heavy (non-hydrogen) atoms. The van der Waals surface area contributed by atoms with Gasteiger partial charge in [-0.05, 0) is 12.1 Å². The van der Waals surface area contributed by atoms with Gasteiger partial charge in [0, 0.05) is 17.8 Å². The molecular formula is C11H10N4. The van der Waals surface area contributed by atoms with E-state index in [2.05, 4.69) is 10.2 Å². The van der Waals surface area contributed by atoms with Gasteiger partial charge in [-0.2, -0.15) is 5.10 Å². The van der Waals surface area contributed by atoms with Crippen molar-refractivity contribution in [2.24, 2.45) is 0 Å². The lowest BCUT2D eigenvalue weighted by Crippen LogP contribution is -1.94. The number of anilines is 1. The van der Waals surface area contributed by atoms with Gasteiger partial charge in [0.05, 0.1) is 23.1 Å². The second-order valence-electron chi connectivity index (χ2n) is 3.43. The van der Waals surface area contributed by atoms with Gasteiger partial charge in [-0.25, -0.2) is 0 Å². The van der Waals surface area contributed by atoms with E-state index in [1.54, 1.807) is 6.20 Å². The highest BCUT2D eigenvalue weighted by atomic mass is 15.1. The SMILES string of the molecule is Nc1cccc2ccn(-c3cn[nH]c3)c12. The zero-order valence-electron chi connectivity index (χ0n) is 8.01. The molecule has 2 heterocycles. The number of benzene rings is 1. The smallest absolute Gasteiger partial charge is 0.0836 e. The summed E-state index contributed by atoms with van der Waals surface area (Å²) in [5.74, 6) is 0. The van der Waals surface area contributed by atoms with E-state index in [4.69, 9.17) is 5.73 Å². The largest absolute Gasteiger partial charge is 0.397 e. The average molecular weight is 198 g/mol. The number of hydrogen-bond acceptors (Lipinski definition) is 2. The molecule has 0 bridgehead atoms. The summed E-state index contributed by atoms with van der Waals surface area (Å²) in [6.45, 7) is 0. The number of nitrogens with one attached hydrogen (secondary N) is 1. The van der Waals surface area contributed by atoms with Gasteiger partial charge in [0.2, 0.25) is 0 Å². The molecule has 3 rings (SSSR count). The van der Waals surface area contributed by atoms with E-state index < -0.39 is 0 Å². The van der Waals surface area contributed by atoms with E-state index in [0.717, 1.165) is 22.3 Å².